The second-order valence-electron chi connectivity index (χ2n) is 6.85. The fraction of sp³-hybridized carbons (Fsp3) is 0.0909. The summed E-state index contributed by atoms with van der Waals surface area (Å²) in [5, 5.41) is 3.91. The number of thiazole rings is 1. The molecule has 0 saturated carbocycles. The maximum atomic E-state index is 12.5. The molecule has 0 unspecified atom stereocenters. The Bertz CT molecular complexity index is 1320. The summed E-state index contributed by atoms with van der Waals surface area (Å²) in [5.41, 5.74) is 2.44. The summed E-state index contributed by atoms with van der Waals surface area (Å²) in [7, 11) is -3.88. The smallest absolute Gasteiger partial charge is 0.242 e. The van der Waals surface area contributed by atoms with Gasteiger partial charge in [0.1, 0.15) is 5.01 Å². The van der Waals surface area contributed by atoms with Crippen LogP contribution in [-0.2, 0) is 14.8 Å². The van der Waals surface area contributed by atoms with E-state index in [1.165, 1.54) is 25.1 Å². The molecule has 3 aromatic carbocycles. The van der Waals surface area contributed by atoms with Crippen molar-refractivity contribution in [3.63, 3.8) is 0 Å². The van der Waals surface area contributed by atoms with Crippen LogP contribution in [0, 0.1) is 0 Å². The quantitative estimate of drug-likeness (QED) is 0.417. The van der Waals surface area contributed by atoms with Crippen molar-refractivity contribution < 1.29 is 13.2 Å². The highest BCUT2D eigenvalue weighted by atomic mass is 35.5. The minimum absolute atomic E-state index is 0.000150. The number of halogens is 1. The number of benzene rings is 3. The number of fused-ring (bicyclic) bond motifs is 1. The number of carbonyl (C=O) groups excluding carboxylic acids is 1. The molecular weight excluding hydrogens is 454 g/mol. The molecule has 31 heavy (non-hydrogen) atoms. The molecule has 1 aromatic heterocycles. The molecule has 0 aliphatic heterocycles. The van der Waals surface area contributed by atoms with Crippen molar-refractivity contribution in [3.05, 3.63) is 77.8 Å². The van der Waals surface area contributed by atoms with E-state index in [9.17, 15) is 13.2 Å². The van der Waals surface area contributed by atoms with Crippen molar-refractivity contribution in [2.24, 2.45) is 0 Å². The van der Waals surface area contributed by atoms with Gasteiger partial charge in [-0.05, 0) is 61.5 Å². The number of anilines is 1. The number of sulfonamides is 1. The van der Waals surface area contributed by atoms with Crippen molar-refractivity contribution in [1.29, 1.82) is 0 Å². The summed E-state index contributed by atoms with van der Waals surface area (Å²) >= 11 is 7.46. The van der Waals surface area contributed by atoms with Gasteiger partial charge in [0.25, 0.3) is 0 Å². The average Bonchev–Trinajstić information content (AvgIpc) is 3.18. The average molecular weight is 472 g/mol. The van der Waals surface area contributed by atoms with Gasteiger partial charge in [0.05, 0.1) is 21.2 Å². The molecule has 0 saturated heterocycles. The molecule has 0 spiro atoms. The number of para-hydroxylation sites is 1. The topological polar surface area (TPSA) is 88.2 Å². The summed E-state index contributed by atoms with van der Waals surface area (Å²) in [6, 6.07) is 20.1. The number of carbonyl (C=O) groups is 1. The SMILES string of the molecule is C[C@@H](NS(=O)(=O)c1cccc(Cl)c1)C(=O)Nc1ccc(-c2nc3ccccc3s2)cc1. The van der Waals surface area contributed by atoms with Gasteiger partial charge in [-0.1, -0.05) is 29.8 Å². The Kier molecular flexibility index (Phi) is 6.06. The summed E-state index contributed by atoms with van der Waals surface area (Å²) in [6.45, 7) is 1.48. The maximum Gasteiger partial charge on any atom is 0.242 e. The molecule has 0 fully saturated rings. The van der Waals surface area contributed by atoms with Gasteiger partial charge >= 0.3 is 0 Å². The van der Waals surface area contributed by atoms with Gasteiger partial charge < -0.3 is 5.32 Å². The second kappa shape index (κ2) is 8.76. The highest BCUT2D eigenvalue weighted by Crippen LogP contribution is 2.30. The molecule has 4 rings (SSSR count). The molecule has 1 heterocycles. The summed E-state index contributed by atoms with van der Waals surface area (Å²) in [4.78, 5) is 17.1. The first-order valence-electron chi connectivity index (χ1n) is 9.36. The largest absolute Gasteiger partial charge is 0.325 e. The molecule has 0 bridgehead atoms. The van der Waals surface area contributed by atoms with Gasteiger partial charge in [0.2, 0.25) is 15.9 Å². The molecular formula is C22H18ClN3O3S2. The van der Waals surface area contributed by atoms with Crippen molar-refractivity contribution in [3.8, 4) is 10.6 Å². The minimum Gasteiger partial charge on any atom is -0.325 e. The summed E-state index contributed by atoms with van der Waals surface area (Å²) in [5.74, 6) is -0.474. The van der Waals surface area contributed by atoms with Crippen molar-refractivity contribution in [2.75, 3.05) is 5.32 Å². The van der Waals surface area contributed by atoms with Gasteiger partial charge in [-0.25, -0.2) is 13.4 Å². The molecule has 158 valence electrons. The third-order valence-corrected chi connectivity index (χ3v) is 7.38. The Hall–Kier alpha value is -2.78. The fourth-order valence-electron chi connectivity index (χ4n) is 2.93. The van der Waals surface area contributed by atoms with Crippen LogP contribution in [0.15, 0.2) is 77.7 Å². The predicted octanol–water partition coefficient (Wildman–Crippen LogP) is 4.92. The Balaban J connectivity index is 1.43. The minimum atomic E-state index is -3.88. The fourth-order valence-corrected chi connectivity index (χ4v) is 5.41. The van der Waals surface area contributed by atoms with Crippen LogP contribution < -0.4 is 10.0 Å². The Morgan fingerprint density at radius 3 is 2.48 bits per heavy atom. The number of hydrogen-bond donors (Lipinski definition) is 2. The lowest BCUT2D eigenvalue weighted by Gasteiger charge is -2.15. The number of nitrogens with one attached hydrogen (secondary N) is 2. The number of hydrogen-bond acceptors (Lipinski definition) is 5. The molecule has 1 amide bonds. The van der Waals surface area contributed by atoms with Gasteiger partial charge in [0.15, 0.2) is 0 Å². The predicted molar refractivity (Wildman–Crippen MR) is 125 cm³/mol. The Morgan fingerprint density at radius 1 is 1.03 bits per heavy atom. The zero-order chi connectivity index (χ0) is 22.0. The first-order chi connectivity index (χ1) is 14.8. The molecule has 0 aliphatic carbocycles. The van der Waals surface area contributed by atoms with E-state index in [0.29, 0.717) is 10.7 Å². The molecule has 9 heteroatoms. The molecule has 0 aliphatic rings. The third-order valence-electron chi connectivity index (χ3n) is 4.52. The number of nitrogens with zero attached hydrogens (tertiary/aromatic N) is 1. The standard InChI is InChI=1S/C22H18ClN3O3S2/c1-14(26-31(28,29)18-6-4-5-16(23)13-18)21(27)24-17-11-9-15(10-12-17)22-25-19-7-2-3-8-20(19)30-22/h2-14,26H,1H3,(H,24,27)/t14-/m1/s1. The van der Waals surface area contributed by atoms with E-state index in [4.69, 9.17) is 11.6 Å². The van der Waals surface area contributed by atoms with Crippen molar-refractivity contribution in [2.45, 2.75) is 17.9 Å². The zero-order valence-electron chi connectivity index (χ0n) is 16.4. The van der Waals surface area contributed by atoms with E-state index in [2.05, 4.69) is 15.0 Å². The number of amides is 1. The summed E-state index contributed by atoms with van der Waals surface area (Å²) in [6.07, 6.45) is 0. The molecule has 4 aromatic rings. The lowest BCUT2D eigenvalue weighted by molar-refractivity contribution is -0.117. The van der Waals surface area contributed by atoms with Crippen LogP contribution in [0.25, 0.3) is 20.8 Å². The van der Waals surface area contributed by atoms with E-state index in [-0.39, 0.29) is 4.90 Å². The third kappa shape index (κ3) is 4.94. The van der Waals surface area contributed by atoms with Gasteiger partial charge in [-0.2, -0.15) is 4.72 Å². The Morgan fingerprint density at radius 2 is 1.77 bits per heavy atom. The molecule has 0 radical (unpaired) electrons. The van der Waals surface area contributed by atoms with Crippen LogP contribution in [0.5, 0.6) is 0 Å². The maximum absolute atomic E-state index is 12.5. The first kappa shape index (κ1) is 21.5. The summed E-state index contributed by atoms with van der Waals surface area (Å²) < 4.78 is 28.4. The first-order valence-corrected chi connectivity index (χ1v) is 12.0. The number of rotatable bonds is 6. The van der Waals surface area contributed by atoms with Crippen LogP contribution in [0.3, 0.4) is 0 Å². The van der Waals surface area contributed by atoms with Crippen LogP contribution in [0.1, 0.15) is 6.92 Å². The zero-order valence-corrected chi connectivity index (χ0v) is 18.8. The van der Waals surface area contributed by atoms with Gasteiger partial charge in [-0.15, -0.1) is 11.3 Å². The van der Waals surface area contributed by atoms with Crippen LogP contribution >= 0.6 is 22.9 Å². The van der Waals surface area contributed by atoms with E-state index in [1.807, 2.05) is 36.4 Å². The molecule has 1 atom stereocenters. The van der Waals surface area contributed by atoms with Crippen LogP contribution in [0.4, 0.5) is 5.69 Å². The van der Waals surface area contributed by atoms with E-state index < -0.39 is 22.0 Å². The van der Waals surface area contributed by atoms with E-state index >= 15 is 0 Å². The Labute approximate surface area is 189 Å². The van der Waals surface area contributed by atoms with Crippen molar-refractivity contribution >= 4 is 54.8 Å². The van der Waals surface area contributed by atoms with E-state index in [0.717, 1.165) is 20.8 Å². The highest BCUT2D eigenvalue weighted by molar-refractivity contribution is 7.89. The van der Waals surface area contributed by atoms with Crippen molar-refractivity contribution in [1.82, 2.24) is 9.71 Å². The van der Waals surface area contributed by atoms with E-state index in [1.54, 1.807) is 29.5 Å². The normalized spacial score (nSPS) is 12.6. The second-order valence-corrected chi connectivity index (χ2v) is 10.0. The van der Waals surface area contributed by atoms with Gasteiger partial charge in [0, 0.05) is 16.3 Å². The molecule has 2 N–H and O–H groups in total. The number of aromatic nitrogens is 1. The lowest BCUT2D eigenvalue weighted by Crippen LogP contribution is -2.41. The monoisotopic (exact) mass is 471 g/mol. The molecule has 6 nitrogen and oxygen atoms in total. The highest BCUT2D eigenvalue weighted by Gasteiger charge is 2.22. The van der Waals surface area contributed by atoms with Gasteiger partial charge in [-0.3, -0.25) is 4.79 Å². The lowest BCUT2D eigenvalue weighted by atomic mass is 10.2. The van der Waals surface area contributed by atoms with Crippen LogP contribution in [0.2, 0.25) is 5.02 Å². The van der Waals surface area contributed by atoms with Crippen LogP contribution in [-0.4, -0.2) is 25.4 Å².